The molecule has 0 aliphatic carbocycles. The van der Waals surface area contributed by atoms with Gasteiger partial charge in [-0.2, -0.15) is 10.1 Å². The molecule has 1 N–H and O–H groups in total. The molecule has 0 unspecified atom stereocenters. The number of nitrogens with zero attached hydrogens (tertiary/aromatic N) is 4. The summed E-state index contributed by atoms with van der Waals surface area (Å²) in [6, 6.07) is 18.1. The number of benzene rings is 2. The molecule has 0 aliphatic rings. The van der Waals surface area contributed by atoms with Gasteiger partial charge in [-0.15, -0.1) is 5.10 Å². The first-order valence-electron chi connectivity index (χ1n) is 7.18. The van der Waals surface area contributed by atoms with Gasteiger partial charge >= 0.3 is 0 Å². The second kappa shape index (κ2) is 7.19. The number of hydrogen-bond donors (Lipinski definition) is 1. The molecule has 0 saturated heterocycles. The van der Waals surface area contributed by atoms with Crippen LogP contribution in [0.25, 0.3) is 0 Å². The lowest BCUT2D eigenvalue weighted by atomic mass is 10.2. The van der Waals surface area contributed by atoms with Crippen LogP contribution in [0.1, 0.15) is 5.56 Å². The van der Waals surface area contributed by atoms with Crippen LogP contribution in [0.3, 0.4) is 0 Å². The van der Waals surface area contributed by atoms with Crippen LogP contribution in [0.4, 0.5) is 17.5 Å². The van der Waals surface area contributed by atoms with E-state index in [2.05, 4.69) is 48.6 Å². The molecule has 1 aromatic heterocycles. The van der Waals surface area contributed by atoms with E-state index < -0.39 is 0 Å². The molecule has 23 heavy (non-hydrogen) atoms. The van der Waals surface area contributed by atoms with E-state index in [1.165, 1.54) is 5.56 Å². The van der Waals surface area contributed by atoms with Gasteiger partial charge in [0, 0.05) is 23.8 Å². The lowest BCUT2D eigenvalue weighted by Gasteiger charge is -2.18. The van der Waals surface area contributed by atoms with Crippen molar-refractivity contribution in [1.82, 2.24) is 15.2 Å². The molecule has 0 amide bonds. The van der Waals surface area contributed by atoms with Crippen LogP contribution in [0, 0.1) is 0 Å². The molecule has 3 aromatic rings. The molecular formula is C17H16BrN5. The molecule has 0 radical (unpaired) electrons. The third-order valence-corrected chi connectivity index (χ3v) is 3.83. The first-order valence-corrected chi connectivity index (χ1v) is 7.97. The lowest BCUT2D eigenvalue weighted by molar-refractivity contribution is 0.866. The highest BCUT2D eigenvalue weighted by atomic mass is 79.9. The highest BCUT2D eigenvalue weighted by molar-refractivity contribution is 9.10. The van der Waals surface area contributed by atoms with Crippen molar-refractivity contribution in [3.8, 4) is 0 Å². The maximum atomic E-state index is 4.52. The summed E-state index contributed by atoms with van der Waals surface area (Å²) in [5, 5.41) is 11.2. The van der Waals surface area contributed by atoms with E-state index in [0.717, 1.165) is 22.5 Å². The highest BCUT2D eigenvalue weighted by Gasteiger charge is 2.07. The molecule has 0 saturated carbocycles. The molecular weight excluding hydrogens is 354 g/mol. The molecule has 3 rings (SSSR count). The maximum absolute atomic E-state index is 4.52. The molecule has 5 nitrogen and oxygen atoms in total. The predicted molar refractivity (Wildman–Crippen MR) is 95.8 cm³/mol. The van der Waals surface area contributed by atoms with Crippen LogP contribution in [-0.4, -0.2) is 22.2 Å². The Bertz CT molecular complexity index is 761. The van der Waals surface area contributed by atoms with Gasteiger partial charge in [-0.25, -0.2) is 0 Å². The van der Waals surface area contributed by atoms with Crippen molar-refractivity contribution in [3.05, 3.63) is 70.8 Å². The summed E-state index contributed by atoms with van der Waals surface area (Å²) in [6.07, 6.45) is 1.66. The van der Waals surface area contributed by atoms with Gasteiger partial charge in [0.1, 0.15) is 0 Å². The predicted octanol–water partition coefficient (Wildman–Crippen LogP) is 4.01. The summed E-state index contributed by atoms with van der Waals surface area (Å²) in [7, 11) is 1.99. The second-order valence-corrected chi connectivity index (χ2v) is 6.03. The third-order valence-electron chi connectivity index (χ3n) is 3.30. The molecule has 0 spiro atoms. The van der Waals surface area contributed by atoms with Gasteiger partial charge in [-0.1, -0.05) is 46.3 Å². The van der Waals surface area contributed by atoms with E-state index in [0.29, 0.717) is 5.95 Å². The molecule has 6 heteroatoms. The van der Waals surface area contributed by atoms with Crippen LogP contribution >= 0.6 is 15.9 Å². The Kier molecular flexibility index (Phi) is 4.83. The molecule has 0 atom stereocenters. The Morgan fingerprint density at radius 2 is 1.78 bits per heavy atom. The number of aromatic nitrogens is 3. The second-order valence-electron chi connectivity index (χ2n) is 5.11. The first kappa shape index (κ1) is 15.4. The van der Waals surface area contributed by atoms with Gasteiger partial charge < -0.3 is 10.2 Å². The number of hydrogen-bond acceptors (Lipinski definition) is 5. The third kappa shape index (κ3) is 4.26. The van der Waals surface area contributed by atoms with E-state index in [1.807, 2.05) is 54.4 Å². The van der Waals surface area contributed by atoms with Gasteiger partial charge in [0.15, 0.2) is 5.82 Å². The Morgan fingerprint density at radius 1 is 1.04 bits per heavy atom. The molecule has 0 aliphatic heterocycles. The van der Waals surface area contributed by atoms with Crippen LogP contribution in [0.5, 0.6) is 0 Å². The summed E-state index contributed by atoms with van der Waals surface area (Å²) >= 11 is 3.42. The van der Waals surface area contributed by atoms with Gasteiger partial charge in [-0.05, 0) is 29.8 Å². The normalized spacial score (nSPS) is 10.3. The minimum absolute atomic E-state index is 0.477. The maximum Gasteiger partial charge on any atom is 0.249 e. The molecule has 0 fully saturated rings. The van der Waals surface area contributed by atoms with Crippen molar-refractivity contribution in [3.63, 3.8) is 0 Å². The average Bonchev–Trinajstić information content (AvgIpc) is 2.58. The molecule has 116 valence electrons. The van der Waals surface area contributed by atoms with Crippen LogP contribution in [0.15, 0.2) is 65.3 Å². The van der Waals surface area contributed by atoms with E-state index in [9.17, 15) is 0 Å². The zero-order chi connectivity index (χ0) is 16.1. The average molecular weight is 370 g/mol. The standard InChI is InChI=1S/C17H16BrN5/c1-23(12-13-5-3-2-4-6-13)16-11-19-22-17(21-16)20-15-9-7-14(18)8-10-15/h2-11H,12H2,1H3,(H,20,21,22). The van der Waals surface area contributed by atoms with Crippen molar-refractivity contribution in [1.29, 1.82) is 0 Å². The largest absolute Gasteiger partial charge is 0.354 e. The van der Waals surface area contributed by atoms with Crippen molar-refractivity contribution < 1.29 is 0 Å². The number of anilines is 3. The highest BCUT2D eigenvalue weighted by Crippen LogP contribution is 2.18. The summed E-state index contributed by atoms with van der Waals surface area (Å²) in [5.74, 6) is 1.24. The molecule has 2 aromatic carbocycles. The topological polar surface area (TPSA) is 53.9 Å². The number of halogens is 1. The Hall–Kier alpha value is -2.47. The summed E-state index contributed by atoms with van der Waals surface area (Å²) in [5.41, 5.74) is 2.13. The number of nitrogens with one attached hydrogen (secondary N) is 1. The summed E-state index contributed by atoms with van der Waals surface area (Å²) < 4.78 is 1.03. The van der Waals surface area contributed by atoms with Crippen molar-refractivity contribution in [2.24, 2.45) is 0 Å². The Balaban J connectivity index is 1.72. The smallest absolute Gasteiger partial charge is 0.249 e. The van der Waals surface area contributed by atoms with Crippen molar-refractivity contribution >= 4 is 33.4 Å². The van der Waals surface area contributed by atoms with Crippen molar-refractivity contribution in [2.75, 3.05) is 17.3 Å². The quantitative estimate of drug-likeness (QED) is 0.735. The van der Waals surface area contributed by atoms with E-state index >= 15 is 0 Å². The fraction of sp³-hybridized carbons (Fsp3) is 0.118. The van der Waals surface area contributed by atoms with Crippen LogP contribution < -0.4 is 10.2 Å². The number of rotatable bonds is 5. The summed E-state index contributed by atoms with van der Waals surface area (Å²) in [6.45, 7) is 0.761. The van der Waals surface area contributed by atoms with Gasteiger partial charge in [0.2, 0.25) is 5.95 Å². The SMILES string of the molecule is CN(Cc1ccccc1)c1cnnc(Nc2ccc(Br)cc2)n1. The van der Waals surface area contributed by atoms with Crippen molar-refractivity contribution in [2.45, 2.75) is 6.54 Å². The first-order chi connectivity index (χ1) is 11.2. The lowest BCUT2D eigenvalue weighted by Crippen LogP contribution is -2.18. The zero-order valence-corrected chi connectivity index (χ0v) is 14.2. The van der Waals surface area contributed by atoms with Gasteiger partial charge in [-0.3, -0.25) is 0 Å². The minimum Gasteiger partial charge on any atom is -0.354 e. The van der Waals surface area contributed by atoms with E-state index in [-0.39, 0.29) is 0 Å². The summed E-state index contributed by atoms with van der Waals surface area (Å²) in [4.78, 5) is 6.55. The van der Waals surface area contributed by atoms with E-state index in [1.54, 1.807) is 6.20 Å². The van der Waals surface area contributed by atoms with E-state index in [4.69, 9.17) is 0 Å². The monoisotopic (exact) mass is 369 g/mol. The van der Waals surface area contributed by atoms with Crippen LogP contribution in [-0.2, 0) is 6.54 Å². The Labute approximate surface area is 143 Å². The molecule has 0 bridgehead atoms. The van der Waals surface area contributed by atoms with Gasteiger partial charge in [0.25, 0.3) is 0 Å². The molecule has 1 heterocycles. The zero-order valence-electron chi connectivity index (χ0n) is 12.6. The van der Waals surface area contributed by atoms with Crippen LogP contribution in [0.2, 0.25) is 0 Å². The minimum atomic E-state index is 0.477. The fourth-order valence-corrected chi connectivity index (χ4v) is 2.40. The Morgan fingerprint density at radius 3 is 2.52 bits per heavy atom. The van der Waals surface area contributed by atoms with Gasteiger partial charge in [0.05, 0.1) is 6.20 Å². The fourth-order valence-electron chi connectivity index (χ4n) is 2.13.